The van der Waals surface area contributed by atoms with Crippen LogP contribution in [0.15, 0.2) is 18.2 Å². The molecule has 1 heterocycles. The van der Waals surface area contributed by atoms with E-state index < -0.39 is 18.1 Å². The summed E-state index contributed by atoms with van der Waals surface area (Å²) < 4.78 is 34.1. The molecule has 0 saturated carbocycles. The van der Waals surface area contributed by atoms with Gasteiger partial charge in [-0.3, -0.25) is 4.79 Å². The van der Waals surface area contributed by atoms with Crippen molar-refractivity contribution >= 4 is 28.8 Å². The van der Waals surface area contributed by atoms with Crippen LogP contribution < -0.4 is 20.5 Å². The Morgan fingerprint density at radius 2 is 2.05 bits per heavy atom. The molecule has 0 bridgehead atoms. The second kappa shape index (κ2) is 4.61. The molecule has 1 aromatic rings. The smallest absolute Gasteiger partial charge is 0.395 e. The predicted octanol–water partition coefficient (Wildman–Crippen LogP) is 1.87. The Bertz CT molecular complexity index is 551. The lowest BCUT2D eigenvalue weighted by molar-refractivity contribution is -0.286. The number of amides is 1. The summed E-state index contributed by atoms with van der Waals surface area (Å²) >= 11 is 4.69. The molecule has 0 radical (unpaired) electrons. The van der Waals surface area contributed by atoms with Crippen molar-refractivity contribution in [2.75, 3.05) is 5.32 Å². The van der Waals surface area contributed by atoms with Crippen molar-refractivity contribution in [2.24, 2.45) is 11.7 Å². The first-order valence-corrected chi connectivity index (χ1v) is 5.69. The zero-order valence-electron chi connectivity index (χ0n) is 9.78. The van der Waals surface area contributed by atoms with Crippen LogP contribution in [-0.2, 0) is 4.79 Å². The summed E-state index contributed by atoms with van der Waals surface area (Å²) in [4.78, 5) is 11.7. The van der Waals surface area contributed by atoms with Gasteiger partial charge in [-0.05, 0) is 19.1 Å². The molecule has 1 aliphatic rings. The number of ether oxygens (including phenoxy) is 2. The van der Waals surface area contributed by atoms with Gasteiger partial charge >= 0.3 is 6.29 Å². The molecule has 1 aliphatic heterocycles. The van der Waals surface area contributed by atoms with E-state index >= 15 is 0 Å². The van der Waals surface area contributed by atoms with Gasteiger partial charge in [-0.25, -0.2) is 0 Å². The second-order valence-corrected chi connectivity index (χ2v) is 4.41. The first-order valence-electron chi connectivity index (χ1n) is 5.28. The molecule has 1 amide bonds. The molecule has 0 aromatic heterocycles. The molecule has 0 saturated heterocycles. The van der Waals surface area contributed by atoms with Gasteiger partial charge in [-0.15, -0.1) is 8.78 Å². The van der Waals surface area contributed by atoms with E-state index in [-0.39, 0.29) is 22.2 Å². The standard InChI is InChI=1S/C11H10F2N2O3S/c1-5(9(14)19)10(16)15-6-2-3-7-8(4-6)18-11(12,13)17-7/h2-5H,1H3,(H2,14,19)(H,15,16). The number of nitrogens with two attached hydrogens (primary N) is 1. The number of rotatable bonds is 3. The van der Waals surface area contributed by atoms with Crippen LogP contribution in [0.25, 0.3) is 0 Å². The number of alkyl halides is 2. The molecule has 0 spiro atoms. The van der Waals surface area contributed by atoms with Gasteiger partial charge in [-0.1, -0.05) is 12.2 Å². The zero-order valence-corrected chi connectivity index (χ0v) is 10.6. The lowest BCUT2D eigenvalue weighted by Gasteiger charge is -2.10. The normalized spacial score (nSPS) is 16.8. The van der Waals surface area contributed by atoms with E-state index in [1.54, 1.807) is 6.92 Å². The van der Waals surface area contributed by atoms with Crippen LogP contribution in [0.1, 0.15) is 6.92 Å². The third-order valence-electron chi connectivity index (χ3n) is 2.49. The third kappa shape index (κ3) is 2.90. The monoisotopic (exact) mass is 288 g/mol. The number of benzene rings is 1. The lowest BCUT2D eigenvalue weighted by Crippen LogP contribution is -2.30. The van der Waals surface area contributed by atoms with E-state index in [9.17, 15) is 13.6 Å². The third-order valence-corrected chi connectivity index (χ3v) is 2.84. The average molecular weight is 288 g/mol. The summed E-state index contributed by atoms with van der Waals surface area (Å²) in [5.74, 6) is -1.34. The number of hydrogen-bond donors (Lipinski definition) is 2. The highest BCUT2D eigenvalue weighted by Crippen LogP contribution is 2.42. The molecule has 102 valence electrons. The van der Waals surface area contributed by atoms with Crippen molar-refractivity contribution in [3.63, 3.8) is 0 Å². The number of nitrogens with one attached hydrogen (secondary N) is 1. The summed E-state index contributed by atoms with van der Waals surface area (Å²) in [5, 5.41) is 2.49. The Kier molecular flexibility index (Phi) is 3.27. The fraction of sp³-hybridized carbons (Fsp3) is 0.273. The van der Waals surface area contributed by atoms with Crippen molar-refractivity contribution in [1.29, 1.82) is 0 Å². The summed E-state index contributed by atoms with van der Waals surface area (Å²) in [6, 6.07) is 3.92. The Labute approximate surface area is 112 Å². The number of halogens is 2. The van der Waals surface area contributed by atoms with Crippen molar-refractivity contribution in [3.8, 4) is 11.5 Å². The molecule has 0 aliphatic carbocycles. The fourth-order valence-corrected chi connectivity index (χ4v) is 1.51. The maximum atomic E-state index is 12.8. The Balaban J connectivity index is 2.13. The summed E-state index contributed by atoms with van der Waals surface area (Å²) in [6.45, 7) is 1.54. The molecule has 1 aromatic carbocycles. The van der Waals surface area contributed by atoms with E-state index in [0.717, 1.165) is 0 Å². The van der Waals surface area contributed by atoms with Crippen molar-refractivity contribution in [2.45, 2.75) is 13.2 Å². The molecule has 0 fully saturated rings. The van der Waals surface area contributed by atoms with Crippen LogP contribution >= 0.6 is 12.2 Å². The molecule has 8 heteroatoms. The van der Waals surface area contributed by atoms with Crippen LogP contribution in [-0.4, -0.2) is 17.2 Å². The molecule has 3 N–H and O–H groups in total. The van der Waals surface area contributed by atoms with Gasteiger partial charge in [-0.2, -0.15) is 0 Å². The van der Waals surface area contributed by atoms with Gasteiger partial charge in [0, 0.05) is 11.8 Å². The number of carbonyl (C=O) groups excluding carboxylic acids is 1. The quantitative estimate of drug-likeness (QED) is 0.831. The molecule has 5 nitrogen and oxygen atoms in total. The van der Waals surface area contributed by atoms with Crippen LogP contribution in [0.2, 0.25) is 0 Å². The highest BCUT2D eigenvalue weighted by Gasteiger charge is 2.43. The largest absolute Gasteiger partial charge is 0.586 e. The Hall–Kier alpha value is -1.96. The van der Waals surface area contributed by atoms with Crippen LogP contribution in [0.4, 0.5) is 14.5 Å². The van der Waals surface area contributed by atoms with Crippen LogP contribution in [0, 0.1) is 5.92 Å². The Morgan fingerprint density at radius 1 is 1.42 bits per heavy atom. The van der Waals surface area contributed by atoms with E-state index in [4.69, 9.17) is 18.0 Å². The number of hydrogen-bond acceptors (Lipinski definition) is 4. The zero-order chi connectivity index (χ0) is 14.2. The minimum absolute atomic E-state index is 0.0461. The first kappa shape index (κ1) is 13.5. The van der Waals surface area contributed by atoms with Gasteiger partial charge in [0.25, 0.3) is 0 Å². The number of thiocarbonyl (C=S) groups is 1. The first-order chi connectivity index (χ1) is 8.78. The molecule has 1 atom stereocenters. The van der Waals surface area contributed by atoms with E-state index in [0.29, 0.717) is 0 Å². The van der Waals surface area contributed by atoms with E-state index in [1.165, 1.54) is 18.2 Å². The maximum Gasteiger partial charge on any atom is 0.586 e. The maximum absolute atomic E-state index is 12.8. The van der Waals surface area contributed by atoms with Crippen LogP contribution in [0.3, 0.4) is 0 Å². The summed E-state index contributed by atoms with van der Waals surface area (Å²) in [7, 11) is 0. The van der Waals surface area contributed by atoms with Gasteiger partial charge in [0.1, 0.15) is 0 Å². The minimum Gasteiger partial charge on any atom is -0.395 e. The van der Waals surface area contributed by atoms with E-state index in [2.05, 4.69) is 14.8 Å². The SMILES string of the molecule is CC(C(=O)Nc1ccc2c(c1)OC(F)(F)O2)C(N)=S. The summed E-state index contributed by atoms with van der Waals surface area (Å²) in [6.07, 6.45) is -3.68. The molecule has 19 heavy (non-hydrogen) atoms. The van der Waals surface area contributed by atoms with Crippen LogP contribution in [0.5, 0.6) is 11.5 Å². The number of carbonyl (C=O) groups is 1. The predicted molar refractivity (Wildman–Crippen MR) is 67.2 cm³/mol. The lowest BCUT2D eigenvalue weighted by atomic mass is 10.1. The molecule has 1 unspecified atom stereocenters. The highest BCUT2D eigenvalue weighted by atomic mass is 32.1. The topological polar surface area (TPSA) is 73.6 Å². The number of anilines is 1. The van der Waals surface area contributed by atoms with Gasteiger partial charge < -0.3 is 20.5 Å². The molecular weight excluding hydrogens is 278 g/mol. The average Bonchev–Trinajstić information content (AvgIpc) is 2.60. The van der Waals surface area contributed by atoms with Gasteiger partial charge in [0.15, 0.2) is 11.5 Å². The van der Waals surface area contributed by atoms with Gasteiger partial charge in [0.05, 0.1) is 10.9 Å². The number of fused-ring (bicyclic) bond motifs is 1. The van der Waals surface area contributed by atoms with Gasteiger partial charge in [0.2, 0.25) is 5.91 Å². The second-order valence-electron chi connectivity index (χ2n) is 3.94. The molecular formula is C11H10F2N2O3S. The molecule has 2 rings (SSSR count). The minimum atomic E-state index is -3.68. The Morgan fingerprint density at radius 3 is 2.68 bits per heavy atom. The van der Waals surface area contributed by atoms with Crippen molar-refractivity contribution in [3.05, 3.63) is 18.2 Å². The van der Waals surface area contributed by atoms with Crippen molar-refractivity contribution in [1.82, 2.24) is 0 Å². The highest BCUT2D eigenvalue weighted by molar-refractivity contribution is 7.80. The fourth-order valence-electron chi connectivity index (χ4n) is 1.41. The summed E-state index contributed by atoms with van der Waals surface area (Å²) in [5.41, 5.74) is 5.63. The van der Waals surface area contributed by atoms with E-state index in [1.807, 2.05) is 0 Å². The van der Waals surface area contributed by atoms with Crippen molar-refractivity contribution < 1.29 is 23.0 Å².